The molecule has 0 aliphatic carbocycles. The molecule has 0 unspecified atom stereocenters. The van der Waals surface area contributed by atoms with Gasteiger partial charge in [-0.25, -0.2) is 4.98 Å². The van der Waals surface area contributed by atoms with E-state index < -0.39 is 10.0 Å². The number of benzene rings is 2. The van der Waals surface area contributed by atoms with Gasteiger partial charge >= 0.3 is 0 Å². The van der Waals surface area contributed by atoms with Gasteiger partial charge in [0, 0.05) is 30.7 Å². The summed E-state index contributed by atoms with van der Waals surface area (Å²) >= 11 is 0. The maximum Gasteiger partial charge on any atom is 0.284 e. The molecule has 1 N–H and O–H groups in total. The third kappa shape index (κ3) is 4.43. The lowest BCUT2D eigenvalue weighted by molar-refractivity contribution is 0.582. The minimum absolute atomic E-state index is 0.150. The standard InChI is InChI=1S/C23H26N6O2S/c1-3-14-28(15-4-2)20-12-10-19(11-13-20)26-23-24-16-18-17-25-29(22(18)27-23)32(30,31)21-8-6-5-7-9-21/h5-13,16-17H,3-4,14-15H2,1-2H3,(H,24,26,27). The number of hydrogen-bond donors (Lipinski definition) is 1. The Kier molecular flexibility index (Phi) is 6.36. The van der Waals surface area contributed by atoms with Gasteiger partial charge in [-0.2, -0.15) is 18.5 Å². The largest absolute Gasteiger partial charge is 0.372 e. The summed E-state index contributed by atoms with van der Waals surface area (Å²) in [6.07, 6.45) is 5.19. The van der Waals surface area contributed by atoms with E-state index in [1.807, 2.05) is 12.1 Å². The topological polar surface area (TPSA) is 93.0 Å². The second kappa shape index (κ2) is 9.35. The normalized spacial score (nSPS) is 11.6. The van der Waals surface area contributed by atoms with Gasteiger partial charge in [0.25, 0.3) is 10.0 Å². The Hall–Kier alpha value is -3.46. The molecule has 2 aromatic heterocycles. The van der Waals surface area contributed by atoms with Crippen LogP contribution in [0.2, 0.25) is 0 Å². The average Bonchev–Trinajstić information content (AvgIpc) is 3.24. The summed E-state index contributed by atoms with van der Waals surface area (Å²) in [5.41, 5.74) is 2.21. The Morgan fingerprint density at radius 1 is 0.938 bits per heavy atom. The van der Waals surface area contributed by atoms with E-state index in [1.54, 1.807) is 24.4 Å². The zero-order chi connectivity index (χ0) is 22.6. The van der Waals surface area contributed by atoms with E-state index in [1.165, 1.54) is 24.0 Å². The molecule has 0 saturated carbocycles. The van der Waals surface area contributed by atoms with Crippen molar-refractivity contribution < 1.29 is 8.42 Å². The molecule has 0 spiro atoms. The Balaban J connectivity index is 1.60. The molecule has 4 aromatic rings. The number of nitrogens with zero attached hydrogens (tertiary/aromatic N) is 5. The molecule has 2 aromatic carbocycles. The lowest BCUT2D eigenvalue weighted by atomic mass is 10.2. The maximum atomic E-state index is 13.0. The van der Waals surface area contributed by atoms with Crippen LogP contribution in [0.15, 0.2) is 71.9 Å². The van der Waals surface area contributed by atoms with Gasteiger partial charge in [-0.15, -0.1) is 4.09 Å². The van der Waals surface area contributed by atoms with Gasteiger partial charge < -0.3 is 10.2 Å². The van der Waals surface area contributed by atoms with Crippen LogP contribution in [0.3, 0.4) is 0 Å². The van der Waals surface area contributed by atoms with Crippen molar-refractivity contribution in [1.29, 1.82) is 0 Å². The molecule has 32 heavy (non-hydrogen) atoms. The zero-order valence-electron chi connectivity index (χ0n) is 18.1. The summed E-state index contributed by atoms with van der Waals surface area (Å²) in [5, 5.41) is 7.75. The average molecular weight is 451 g/mol. The highest BCUT2D eigenvalue weighted by atomic mass is 32.2. The number of anilines is 3. The van der Waals surface area contributed by atoms with Crippen LogP contribution in [0, 0.1) is 0 Å². The van der Waals surface area contributed by atoms with Crippen molar-refractivity contribution in [3.8, 4) is 0 Å². The van der Waals surface area contributed by atoms with Crippen LogP contribution < -0.4 is 10.2 Å². The molecule has 0 atom stereocenters. The maximum absolute atomic E-state index is 13.0. The molecule has 8 nitrogen and oxygen atoms in total. The van der Waals surface area contributed by atoms with Gasteiger partial charge in [-0.3, -0.25) is 0 Å². The second-order valence-corrected chi connectivity index (χ2v) is 9.20. The fourth-order valence-electron chi connectivity index (χ4n) is 3.52. The number of rotatable bonds is 9. The first-order valence-electron chi connectivity index (χ1n) is 10.7. The monoisotopic (exact) mass is 450 g/mol. The van der Waals surface area contributed by atoms with Crippen LogP contribution in [-0.2, 0) is 10.0 Å². The molecule has 0 amide bonds. The van der Waals surface area contributed by atoms with E-state index in [0.717, 1.165) is 35.7 Å². The fraction of sp³-hybridized carbons (Fsp3) is 0.261. The highest BCUT2D eigenvalue weighted by molar-refractivity contribution is 7.90. The molecule has 4 rings (SSSR count). The predicted octanol–water partition coefficient (Wildman–Crippen LogP) is 4.43. The van der Waals surface area contributed by atoms with E-state index in [0.29, 0.717) is 11.3 Å². The Morgan fingerprint density at radius 2 is 1.62 bits per heavy atom. The number of hydrogen-bond acceptors (Lipinski definition) is 7. The highest BCUT2D eigenvalue weighted by Crippen LogP contribution is 2.23. The van der Waals surface area contributed by atoms with Gasteiger partial charge in [-0.05, 0) is 49.2 Å². The van der Waals surface area contributed by atoms with Crippen LogP contribution in [0.25, 0.3) is 11.0 Å². The molecule has 9 heteroatoms. The second-order valence-electron chi connectivity index (χ2n) is 7.44. The summed E-state index contributed by atoms with van der Waals surface area (Å²) < 4.78 is 26.9. The molecule has 0 fully saturated rings. The number of aromatic nitrogens is 4. The molecule has 0 aliphatic rings. The van der Waals surface area contributed by atoms with Crippen molar-refractivity contribution >= 4 is 38.4 Å². The molecular weight excluding hydrogens is 424 g/mol. The minimum atomic E-state index is -3.86. The Labute approximate surface area is 188 Å². The predicted molar refractivity (Wildman–Crippen MR) is 127 cm³/mol. The molecule has 0 aliphatic heterocycles. The zero-order valence-corrected chi connectivity index (χ0v) is 19.0. The van der Waals surface area contributed by atoms with Crippen molar-refractivity contribution in [3.05, 3.63) is 67.0 Å². The van der Waals surface area contributed by atoms with Crippen molar-refractivity contribution in [2.75, 3.05) is 23.3 Å². The summed E-state index contributed by atoms with van der Waals surface area (Å²) in [4.78, 5) is 11.2. The summed E-state index contributed by atoms with van der Waals surface area (Å²) in [6.45, 7) is 6.38. The van der Waals surface area contributed by atoms with Crippen molar-refractivity contribution in [1.82, 2.24) is 19.2 Å². The summed E-state index contributed by atoms with van der Waals surface area (Å²) in [6, 6.07) is 16.2. The Bertz CT molecular complexity index is 1280. The third-order valence-electron chi connectivity index (χ3n) is 5.02. The third-order valence-corrected chi connectivity index (χ3v) is 6.61. The van der Waals surface area contributed by atoms with Gasteiger partial charge in [0.15, 0.2) is 5.65 Å². The smallest absolute Gasteiger partial charge is 0.284 e. The lowest BCUT2D eigenvalue weighted by Crippen LogP contribution is -2.24. The molecular formula is C23H26N6O2S. The first-order chi connectivity index (χ1) is 15.5. The Morgan fingerprint density at radius 3 is 2.28 bits per heavy atom. The molecule has 166 valence electrons. The molecule has 0 saturated heterocycles. The summed E-state index contributed by atoms with van der Waals surface area (Å²) in [5.74, 6) is 0.300. The van der Waals surface area contributed by atoms with E-state index >= 15 is 0 Å². The van der Waals surface area contributed by atoms with Crippen molar-refractivity contribution in [2.24, 2.45) is 0 Å². The van der Waals surface area contributed by atoms with Gasteiger partial charge in [0.2, 0.25) is 5.95 Å². The highest BCUT2D eigenvalue weighted by Gasteiger charge is 2.21. The number of nitrogens with one attached hydrogen (secondary N) is 1. The van der Waals surface area contributed by atoms with Crippen molar-refractivity contribution in [3.63, 3.8) is 0 Å². The fourth-order valence-corrected chi connectivity index (χ4v) is 4.76. The van der Waals surface area contributed by atoms with E-state index in [9.17, 15) is 8.42 Å². The van der Waals surface area contributed by atoms with Gasteiger partial charge in [0.1, 0.15) is 0 Å². The first kappa shape index (κ1) is 21.8. The summed E-state index contributed by atoms with van der Waals surface area (Å²) in [7, 11) is -3.86. The van der Waals surface area contributed by atoms with Crippen LogP contribution in [0.1, 0.15) is 26.7 Å². The van der Waals surface area contributed by atoms with Crippen LogP contribution in [0.5, 0.6) is 0 Å². The van der Waals surface area contributed by atoms with Crippen molar-refractivity contribution in [2.45, 2.75) is 31.6 Å². The SMILES string of the molecule is CCCN(CCC)c1ccc(Nc2ncc3cnn(S(=O)(=O)c4ccccc4)c3n2)cc1. The first-order valence-corrected chi connectivity index (χ1v) is 12.1. The minimum Gasteiger partial charge on any atom is -0.372 e. The van der Waals surface area contributed by atoms with Crippen LogP contribution in [0.4, 0.5) is 17.3 Å². The van der Waals surface area contributed by atoms with E-state index in [-0.39, 0.29) is 10.5 Å². The van der Waals surface area contributed by atoms with E-state index in [4.69, 9.17) is 0 Å². The molecule has 0 bridgehead atoms. The van der Waals surface area contributed by atoms with E-state index in [2.05, 4.69) is 51.3 Å². The van der Waals surface area contributed by atoms with Crippen LogP contribution >= 0.6 is 0 Å². The lowest BCUT2D eigenvalue weighted by Gasteiger charge is -2.24. The number of fused-ring (bicyclic) bond motifs is 1. The quantitative estimate of drug-likeness (QED) is 0.403. The molecule has 0 radical (unpaired) electrons. The van der Waals surface area contributed by atoms with Crippen LogP contribution in [-0.4, -0.2) is 40.7 Å². The van der Waals surface area contributed by atoms with Gasteiger partial charge in [-0.1, -0.05) is 32.0 Å². The molecule has 2 heterocycles. The van der Waals surface area contributed by atoms with Gasteiger partial charge in [0.05, 0.1) is 16.5 Å².